The van der Waals surface area contributed by atoms with Crippen LogP contribution >= 0.6 is 0 Å². The van der Waals surface area contributed by atoms with Crippen LogP contribution in [0.15, 0.2) is 109 Å². The van der Waals surface area contributed by atoms with Gasteiger partial charge in [0.15, 0.2) is 6.10 Å². The van der Waals surface area contributed by atoms with Crippen LogP contribution in [0.4, 0.5) is 0 Å². The molecule has 0 fully saturated rings. The number of carbonyl (C=O) groups is 3. The molecule has 81 heavy (non-hydrogen) atoms. The Balaban J connectivity index is 4.26. The van der Waals surface area contributed by atoms with E-state index < -0.39 is 6.10 Å². The van der Waals surface area contributed by atoms with Gasteiger partial charge in [0.2, 0.25) is 0 Å². The standard InChI is InChI=1S/C75H128O6/c1-4-7-10-13-16-19-22-24-26-28-30-32-34-35-36-37-38-39-41-42-44-46-48-50-53-56-59-62-65-68-74(77)80-71-72(70-79-73(76)67-64-61-58-55-52-21-18-15-12-9-6-3)81-75(78)69-66-63-60-57-54-51-49-47-45-43-40-33-31-29-27-25-23-20-17-14-11-8-5-2/h7,10,15-16,18-19,23-26,29-32,35-36,38-39,72H,4-6,8-9,11-14,17,20-22,27-28,33-34,37,40-71H2,1-3H3/b10-7-,18-15-,19-16-,25-23-,26-24-,31-29-,32-30-,36-35-,39-38-. The van der Waals surface area contributed by atoms with E-state index in [0.29, 0.717) is 19.3 Å². The van der Waals surface area contributed by atoms with Gasteiger partial charge in [-0.1, -0.05) is 297 Å². The number of ether oxygens (including phenoxy) is 3. The fraction of sp³-hybridized carbons (Fsp3) is 0.720. The molecule has 0 saturated carbocycles. The molecule has 0 heterocycles. The number of esters is 3. The minimum Gasteiger partial charge on any atom is -0.462 e. The molecule has 0 radical (unpaired) electrons. The molecule has 0 bridgehead atoms. The topological polar surface area (TPSA) is 78.9 Å². The van der Waals surface area contributed by atoms with Crippen molar-refractivity contribution in [2.24, 2.45) is 0 Å². The van der Waals surface area contributed by atoms with Gasteiger partial charge in [-0.2, -0.15) is 0 Å². The van der Waals surface area contributed by atoms with Gasteiger partial charge in [0.05, 0.1) is 0 Å². The summed E-state index contributed by atoms with van der Waals surface area (Å²) in [5.41, 5.74) is 0. The fourth-order valence-corrected chi connectivity index (χ4v) is 9.58. The number of hydrogen-bond acceptors (Lipinski definition) is 6. The van der Waals surface area contributed by atoms with Crippen LogP contribution in [-0.4, -0.2) is 37.2 Å². The summed E-state index contributed by atoms with van der Waals surface area (Å²) >= 11 is 0. The Hall–Kier alpha value is -3.93. The molecule has 0 saturated heterocycles. The third kappa shape index (κ3) is 66.8. The van der Waals surface area contributed by atoms with E-state index in [4.69, 9.17) is 14.2 Å². The summed E-state index contributed by atoms with van der Waals surface area (Å²) in [7, 11) is 0. The summed E-state index contributed by atoms with van der Waals surface area (Å²) < 4.78 is 16.9. The Kier molecular flexibility index (Phi) is 65.2. The van der Waals surface area contributed by atoms with Crippen molar-refractivity contribution < 1.29 is 28.6 Å². The average Bonchev–Trinajstić information content (AvgIpc) is 3.47. The lowest BCUT2D eigenvalue weighted by atomic mass is 10.0. The van der Waals surface area contributed by atoms with E-state index in [1.165, 1.54) is 180 Å². The van der Waals surface area contributed by atoms with Crippen molar-refractivity contribution in [2.75, 3.05) is 13.2 Å². The summed E-state index contributed by atoms with van der Waals surface area (Å²) in [5.74, 6) is -0.888. The van der Waals surface area contributed by atoms with E-state index in [9.17, 15) is 14.4 Å². The molecular formula is C75H128O6. The van der Waals surface area contributed by atoms with Crippen LogP contribution in [-0.2, 0) is 28.6 Å². The Morgan fingerprint density at radius 1 is 0.259 bits per heavy atom. The second-order valence-electron chi connectivity index (χ2n) is 22.7. The average molecular weight is 1130 g/mol. The van der Waals surface area contributed by atoms with Crippen molar-refractivity contribution >= 4 is 17.9 Å². The number of hydrogen-bond donors (Lipinski definition) is 0. The first-order valence-corrected chi connectivity index (χ1v) is 34.4. The zero-order valence-corrected chi connectivity index (χ0v) is 53.3. The third-order valence-corrected chi connectivity index (χ3v) is 14.7. The smallest absolute Gasteiger partial charge is 0.306 e. The molecule has 6 heteroatoms. The fourth-order valence-electron chi connectivity index (χ4n) is 9.58. The Bertz CT molecular complexity index is 1620. The van der Waals surface area contributed by atoms with Gasteiger partial charge >= 0.3 is 17.9 Å². The van der Waals surface area contributed by atoms with E-state index in [2.05, 4.69) is 130 Å². The van der Waals surface area contributed by atoms with E-state index >= 15 is 0 Å². The van der Waals surface area contributed by atoms with Gasteiger partial charge in [-0.25, -0.2) is 0 Å². The molecule has 0 aromatic heterocycles. The maximum atomic E-state index is 12.9. The van der Waals surface area contributed by atoms with Crippen molar-refractivity contribution in [1.29, 1.82) is 0 Å². The van der Waals surface area contributed by atoms with Gasteiger partial charge in [-0.3, -0.25) is 14.4 Å². The zero-order chi connectivity index (χ0) is 58.5. The Labute approximate surface area is 501 Å². The SMILES string of the molecule is CC/C=C\C/C=C\C/C=C\C/C=C\C/C=C\C/C=C\CCCCCCCCCCCCC(=O)OCC(COC(=O)CCCCCCC/C=C\CCCC)OC(=O)CCCCCCCCCCCCC/C=C\C/C=C\CCCCCCC. The van der Waals surface area contributed by atoms with Gasteiger partial charge in [0.25, 0.3) is 0 Å². The molecule has 0 aliphatic heterocycles. The molecule has 464 valence electrons. The van der Waals surface area contributed by atoms with Crippen molar-refractivity contribution in [3.63, 3.8) is 0 Å². The first-order valence-electron chi connectivity index (χ1n) is 34.4. The molecule has 0 aliphatic carbocycles. The highest BCUT2D eigenvalue weighted by Gasteiger charge is 2.19. The maximum Gasteiger partial charge on any atom is 0.306 e. The predicted molar refractivity (Wildman–Crippen MR) is 353 cm³/mol. The number of allylic oxidation sites excluding steroid dienone is 18. The molecule has 0 N–H and O–H groups in total. The molecule has 6 nitrogen and oxygen atoms in total. The van der Waals surface area contributed by atoms with E-state index in [1.807, 2.05) is 0 Å². The van der Waals surface area contributed by atoms with Crippen molar-refractivity contribution in [1.82, 2.24) is 0 Å². The zero-order valence-electron chi connectivity index (χ0n) is 53.3. The van der Waals surface area contributed by atoms with E-state index in [0.717, 1.165) is 109 Å². The van der Waals surface area contributed by atoms with Crippen LogP contribution in [0.1, 0.15) is 329 Å². The molecule has 0 aliphatic rings. The van der Waals surface area contributed by atoms with Crippen LogP contribution in [0, 0.1) is 0 Å². The largest absolute Gasteiger partial charge is 0.462 e. The first-order chi connectivity index (χ1) is 40.0. The van der Waals surface area contributed by atoms with Crippen molar-refractivity contribution in [2.45, 2.75) is 335 Å². The highest BCUT2D eigenvalue weighted by atomic mass is 16.6. The third-order valence-electron chi connectivity index (χ3n) is 14.7. The second-order valence-corrected chi connectivity index (χ2v) is 22.7. The summed E-state index contributed by atoms with van der Waals surface area (Å²) in [5, 5.41) is 0. The van der Waals surface area contributed by atoms with Crippen LogP contribution in [0.5, 0.6) is 0 Å². The van der Waals surface area contributed by atoms with Crippen LogP contribution < -0.4 is 0 Å². The molecular weight excluding hydrogens is 997 g/mol. The van der Waals surface area contributed by atoms with E-state index in [1.54, 1.807) is 0 Å². The predicted octanol–water partition coefficient (Wildman–Crippen LogP) is 23.8. The molecule has 0 aromatic carbocycles. The van der Waals surface area contributed by atoms with Crippen LogP contribution in [0.25, 0.3) is 0 Å². The monoisotopic (exact) mass is 1120 g/mol. The van der Waals surface area contributed by atoms with Crippen LogP contribution in [0.3, 0.4) is 0 Å². The summed E-state index contributed by atoms with van der Waals surface area (Å²) in [4.78, 5) is 38.3. The highest BCUT2D eigenvalue weighted by molar-refractivity contribution is 5.71. The first kappa shape index (κ1) is 77.1. The summed E-state index contributed by atoms with van der Waals surface area (Å²) in [6.45, 7) is 6.49. The number of carbonyl (C=O) groups excluding carboxylic acids is 3. The lowest BCUT2D eigenvalue weighted by molar-refractivity contribution is -0.167. The molecule has 0 rings (SSSR count). The highest BCUT2D eigenvalue weighted by Crippen LogP contribution is 2.16. The van der Waals surface area contributed by atoms with E-state index in [-0.39, 0.29) is 31.1 Å². The lowest BCUT2D eigenvalue weighted by Gasteiger charge is -2.18. The quantitative estimate of drug-likeness (QED) is 0.0261. The number of unbranched alkanes of at least 4 members (excludes halogenated alkanes) is 33. The molecule has 0 spiro atoms. The summed E-state index contributed by atoms with van der Waals surface area (Å²) in [6, 6.07) is 0. The Morgan fingerprint density at radius 3 is 0.802 bits per heavy atom. The van der Waals surface area contributed by atoms with Crippen molar-refractivity contribution in [3.8, 4) is 0 Å². The lowest BCUT2D eigenvalue weighted by Crippen LogP contribution is -2.30. The molecule has 1 unspecified atom stereocenters. The minimum absolute atomic E-state index is 0.0829. The molecule has 0 aromatic rings. The maximum absolute atomic E-state index is 12.9. The van der Waals surface area contributed by atoms with Gasteiger partial charge in [0.1, 0.15) is 13.2 Å². The van der Waals surface area contributed by atoms with Gasteiger partial charge in [-0.15, -0.1) is 0 Å². The second kappa shape index (κ2) is 68.6. The minimum atomic E-state index is -0.786. The van der Waals surface area contributed by atoms with Gasteiger partial charge < -0.3 is 14.2 Å². The normalized spacial score (nSPS) is 12.8. The number of rotatable bonds is 62. The Morgan fingerprint density at radius 2 is 0.494 bits per heavy atom. The van der Waals surface area contributed by atoms with Crippen molar-refractivity contribution in [3.05, 3.63) is 109 Å². The molecule has 1 atom stereocenters. The van der Waals surface area contributed by atoms with Gasteiger partial charge in [0, 0.05) is 19.3 Å². The summed E-state index contributed by atoms with van der Waals surface area (Å²) in [6.07, 6.45) is 93.9. The van der Waals surface area contributed by atoms with Crippen LogP contribution in [0.2, 0.25) is 0 Å². The van der Waals surface area contributed by atoms with Gasteiger partial charge in [-0.05, 0) is 122 Å². The molecule has 0 amide bonds.